The van der Waals surface area contributed by atoms with Crippen molar-refractivity contribution in [1.82, 2.24) is 0 Å². The molecule has 0 radical (unpaired) electrons. The van der Waals surface area contributed by atoms with Crippen LogP contribution in [0.1, 0.15) is 124 Å². The first-order valence-corrected chi connectivity index (χ1v) is 16.8. The van der Waals surface area contributed by atoms with Crippen LogP contribution in [0.3, 0.4) is 0 Å². The van der Waals surface area contributed by atoms with Gasteiger partial charge in [0.25, 0.3) is 0 Å². The summed E-state index contributed by atoms with van der Waals surface area (Å²) >= 11 is 6.11. The lowest BCUT2D eigenvalue weighted by atomic mass is 10.0. The lowest BCUT2D eigenvalue weighted by molar-refractivity contribution is 0.666. The van der Waals surface area contributed by atoms with Crippen molar-refractivity contribution < 1.29 is 0 Å². The predicted molar refractivity (Wildman–Crippen MR) is 164 cm³/mol. The smallest absolute Gasteiger partial charge is 0.0481 e. The van der Waals surface area contributed by atoms with Crippen LogP contribution in [0.2, 0.25) is 0 Å². The van der Waals surface area contributed by atoms with E-state index in [-0.39, 0.29) is 0 Å². The van der Waals surface area contributed by atoms with E-state index in [1.165, 1.54) is 121 Å². The Morgan fingerprint density at radius 3 is 1.37 bits per heavy atom. The van der Waals surface area contributed by atoms with Gasteiger partial charge in [0.1, 0.15) is 0 Å². The standard InChI is InChI=1S/C32H48S3/c1-6-9-12-15-18-26-21-29(33-24(26)4)30-23-28(20-17-14-11-8-3)32(35-30)31-22-27(25(5)34-31)19-16-13-10-7-2/h21-23H,6-20H2,1-5H3. The maximum Gasteiger partial charge on any atom is 0.0481 e. The van der Waals surface area contributed by atoms with Crippen LogP contribution in [0.5, 0.6) is 0 Å². The van der Waals surface area contributed by atoms with E-state index >= 15 is 0 Å². The van der Waals surface area contributed by atoms with Crippen LogP contribution in [-0.2, 0) is 19.3 Å². The molecular weight excluding hydrogens is 481 g/mol. The molecule has 3 aromatic rings. The fourth-order valence-corrected chi connectivity index (χ4v) is 8.50. The van der Waals surface area contributed by atoms with Crippen molar-refractivity contribution in [3.63, 3.8) is 0 Å². The number of rotatable bonds is 17. The van der Waals surface area contributed by atoms with Gasteiger partial charge in [-0.3, -0.25) is 0 Å². The van der Waals surface area contributed by atoms with E-state index in [1.54, 1.807) is 21.6 Å². The minimum absolute atomic E-state index is 1.23. The molecule has 0 saturated heterocycles. The quantitative estimate of drug-likeness (QED) is 0.153. The van der Waals surface area contributed by atoms with Gasteiger partial charge in [-0.1, -0.05) is 78.6 Å². The maximum atomic E-state index is 2.55. The van der Waals surface area contributed by atoms with E-state index < -0.39 is 0 Å². The van der Waals surface area contributed by atoms with Crippen LogP contribution in [-0.4, -0.2) is 0 Å². The molecule has 3 rings (SSSR count). The summed E-state index contributed by atoms with van der Waals surface area (Å²) in [6, 6.07) is 7.60. The number of hydrogen-bond acceptors (Lipinski definition) is 3. The molecule has 0 N–H and O–H groups in total. The molecule has 0 aromatic carbocycles. The summed E-state index contributed by atoms with van der Waals surface area (Å²) in [7, 11) is 0. The summed E-state index contributed by atoms with van der Waals surface area (Å²) < 4.78 is 0. The number of aryl methyl sites for hydroxylation is 5. The molecule has 194 valence electrons. The van der Waals surface area contributed by atoms with Crippen molar-refractivity contribution in [1.29, 1.82) is 0 Å². The topological polar surface area (TPSA) is 0 Å². The Kier molecular flexibility index (Phi) is 12.6. The monoisotopic (exact) mass is 528 g/mol. The fourth-order valence-electron chi connectivity index (χ4n) is 4.94. The van der Waals surface area contributed by atoms with E-state index in [9.17, 15) is 0 Å². The minimum Gasteiger partial charge on any atom is -0.139 e. The third-order valence-electron chi connectivity index (χ3n) is 7.22. The predicted octanol–water partition coefficient (Wildman–Crippen LogP) is 12.2. The highest BCUT2D eigenvalue weighted by Gasteiger charge is 2.18. The van der Waals surface area contributed by atoms with E-state index in [4.69, 9.17) is 0 Å². The Hall–Kier alpha value is -0.900. The molecule has 0 aliphatic rings. The molecule has 0 saturated carbocycles. The molecule has 0 bridgehead atoms. The first-order chi connectivity index (χ1) is 17.1. The lowest BCUT2D eigenvalue weighted by Crippen LogP contribution is -1.86. The molecule has 0 aliphatic heterocycles. The van der Waals surface area contributed by atoms with Crippen LogP contribution < -0.4 is 0 Å². The lowest BCUT2D eigenvalue weighted by Gasteiger charge is -2.02. The van der Waals surface area contributed by atoms with Crippen molar-refractivity contribution in [2.24, 2.45) is 0 Å². The highest BCUT2D eigenvalue weighted by Crippen LogP contribution is 2.45. The minimum atomic E-state index is 1.23. The number of hydrogen-bond donors (Lipinski definition) is 0. The van der Waals surface area contributed by atoms with Gasteiger partial charge in [-0.05, 0) is 87.3 Å². The van der Waals surface area contributed by atoms with E-state index in [0.29, 0.717) is 0 Å². The van der Waals surface area contributed by atoms with Gasteiger partial charge in [0, 0.05) is 29.3 Å². The van der Waals surface area contributed by atoms with Crippen LogP contribution in [0.4, 0.5) is 0 Å². The Morgan fingerprint density at radius 1 is 0.457 bits per heavy atom. The first kappa shape index (κ1) is 28.7. The molecule has 0 nitrogen and oxygen atoms in total. The summed E-state index contributed by atoms with van der Waals surface area (Å²) in [5.74, 6) is 0. The Morgan fingerprint density at radius 2 is 0.857 bits per heavy atom. The Bertz CT molecular complexity index is 1000. The van der Waals surface area contributed by atoms with Crippen LogP contribution in [0, 0.1) is 13.8 Å². The van der Waals surface area contributed by atoms with Crippen molar-refractivity contribution in [3.8, 4) is 19.5 Å². The van der Waals surface area contributed by atoms with Crippen molar-refractivity contribution in [2.45, 2.75) is 131 Å². The molecule has 3 heterocycles. The van der Waals surface area contributed by atoms with Crippen LogP contribution in [0.15, 0.2) is 18.2 Å². The van der Waals surface area contributed by atoms with Crippen molar-refractivity contribution in [2.75, 3.05) is 0 Å². The average molecular weight is 529 g/mol. The molecule has 0 atom stereocenters. The molecular formula is C32H48S3. The summed E-state index contributed by atoms with van der Waals surface area (Å²) in [4.78, 5) is 9.12. The number of thiophene rings is 3. The van der Waals surface area contributed by atoms with Gasteiger partial charge in [0.05, 0.1) is 0 Å². The van der Waals surface area contributed by atoms with Crippen molar-refractivity contribution in [3.05, 3.63) is 44.6 Å². The fraction of sp³-hybridized carbons (Fsp3) is 0.625. The summed E-state index contributed by atoms with van der Waals surface area (Å²) in [5, 5.41) is 0. The molecule has 3 aromatic heterocycles. The van der Waals surface area contributed by atoms with Gasteiger partial charge in [-0.15, -0.1) is 34.0 Å². The second-order valence-corrected chi connectivity index (χ2v) is 13.8. The Balaban J connectivity index is 1.82. The van der Waals surface area contributed by atoms with Gasteiger partial charge in [-0.25, -0.2) is 0 Å². The molecule has 0 amide bonds. The maximum absolute atomic E-state index is 2.55. The molecule has 3 heteroatoms. The zero-order valence-electron chi connectivity index (χ0n) is 23.1. The van der Waals surface area contributed by atoms with E-state index in [2.05, 4.69) is 64.2 Å². The highest BCUT2D eigenvalue weighted by molar-refractivity contribution is 7.26. The van der Waals surface area contributed by atoms with Gasteiger partial charge in [-0.2, -0.15) is 0 Å². The largest absolute Gasteiger partial charge is 0.139 e. The highest BCUT2D eigenvalue weighted by atomic mass is 32.1. The molecule has 0 fully saturated rings. The summed E-state index contributed by atoms with van der Waals surface area (Å²) in [5.41, 5.74) is 4.77. The summed E-state index contributed by atoms with van der Waals surface area (Å²) in [6.45, 7) is 11.6. The summed E-state index contributed by atoms with van der Waals surface area (Å²) in [6.07, 6.45) is 19.8. The average Bonchev–Trinajstić information content (AvgIpc) is 3.54. The van der Waals surface area contributed by atoms with Crippen LogP contribution in [0.25, 0.3) is 19.5 Å². The van der Waals surface area contributed by atoms with Crippen molar-refractivity contribution >= 4 is 34.0 Å². The molecule has 0 aliphatic carbocycles. The van der Waals surface area contributed by atoms with Gasteiger partial charge in [0.2, 0.25) is 0 Å². The third kappa shape index (κ3) is 8.58. The zero-order valence-corrected chi connectivity index (χ0v) is 25.5. The van der Waals surface area contributed by atoms with E-state index in [1.807, 2.05) is 22.7 Å². The number of unbranched alkanes of at least 4 members (excludes halogenated alkanes) is 9. The zero-order chi connectivity index (χ0) is 25.0. The van der Waals surface area contributed by atoms with E-state index in [0.717, 1.165) is 0 Å². The van der Waals surface area contributed by atoms with Gasteiger partial charge < -0.3 is 0 Å². The Labute approximate surface area is 228 Å². The normalized spacial score (nSPS) is 11.6. The molecule has 0 spiro atoms. The van der Waals surface area contributed by atoms with Gasteiger partial charge >= 0.3 is 0 Å². The molecule has 0 unspecified atom stereocenters. The van der Waals surface area contributed by atoms with Gasteiger partial charge in [0.15, 0.2) is 0 Å². The second kappa shape index (κ2) is 15.4. The van der Waals surface area contributed by atoms with Crippen LogP contribution >= 0.6 is 34.0 Å². The third-order valence-corrected chi connectivity index (χ3v) is 11.0. The molecule has 35 heavy (non-hydrogen) atoms. The SMILES string of the molecule is CCCCCCc1cc(-c2cc(CCCCCC)c(-c3cc(CCCCCC)c(C)s3)s2)sc1C. The second-order valence-electron chi connectivity index (χ2n) is 10.3. The first-order valence-electron chi connectivity index (χ1n) is 14.4.